The first-order chi connectivity index (χ1) is 16.9. The molecule has 2 fully saturated rings. The molecule has 5 rings (SSSR count). The number of ether oxygens (including phenoxy) is 1. The Morgan fingerprint density at radius 1 is 1.14 bits per heavy atom. The van der Waals surface area contributed by atoms with Crippen LogP contribution in [0.3, 0.4) is 0 Å². The van der Waals surface area contributed by atoms with Crippen molar-refractivity contribution in [2.45, 2.75) is 12.5 Å². The van der Waals surface area contributed by atoms with E-state index in [9.17, 15) is 13.6 Å². The number of aliphatic hydroxyl groups is 1. The van der Waals surface area contributed by atoms with Crippen molar-refractivity contribution in [3.05, 3.63) is 59.8 Å². The van der Waals surface area contributed by atoms with Crippen molar-refractivity contribution in [3.63, 3.8) is 0 Å². The number of aromatic nitrogens is 2. The van der Waals surface area contributed by atoms with E-state index in [0.29, 0.717) is 38.4 Å². The lowest BCUT2D eigenvalue weighted by atomic mass is 10.1. The smallest absolute Gasteiger partial charge is 0.295 e. The number of fused-ring (bicyclic) bond motifs is 1. The van der Waals surface area contributed by atoms with Crippen molar-refractivity contribution in [1.29, 1.82) is 0 Å². The molecule has 2 saturated heterocycles. The van der Waals surface area contributed by atoms with Crippen LogP contribution >= 0.6 is 0 Å². The molecule has 0 unspecified atom stereocenters. The highest BCUT2D eigenvalue weighted by Gasteiger charge is 2.32. The fraction of sp³-hybridized carbons (Fsp3) is 0.400. The summed E-state index contributed by atoms with van der Waals surface area (Å²) in [5, 5.41) is 21.4. The number of piperazine rings is 1. The molecule has 0 atom stereocenters. The maximum absolute atomic E-state index is 13.9. The van der Waals surface area contributed by atoms with Crippen molar-refractivity contribution >= 4 is 28.2 Å². The van der Waals surface area contributed by atoms with Crippen molar-refractivity contribution in [2.75, 3.05) is 56.2 Å². The molecular formula is C25H27F2N5O3. The van der Waals surface area contributed by atoms with Gasteiger partial charge >= 0.3 is 0 Å². The zero-order valence-corrected chi connectivity index (χ0v) is 19.2. The van der Waals surface area contributed by atoms with E-state index in [2.05, 4.69) is 20.4 Å². The SMILES string of the molecule is O=C(C1COC1)N1CCN(c2ccc3nncc(NCc4cccc(C(F)(F)CO)c4)c3c2)CC1. The first-order valence-electron chi connectivity index (χ1n) is 11.6. The summed E-state index contributed by atoms with van der Waals surface area (Å²) in [4.78, 5) is 16.6. The number of nitrogens with one attached hydrogen (secondary N) is 1. The molecule has 2 aliphatic heterocycles. The maximum Gasteiger partial charge on any atom is 0.295 e. The summed E-state index contributed by atoms with van der Waals surface area (Å²) in [6.45, 7) is 2.93. The number of benzene rings is 2. The molecule has 0 saturated carbocycles. The number of halogens is 2. The number of hydrogen-bond donors (Lipinski definition) is 2. The standard InChI is InChI=1S/C25H27F2N5O3/c26-25(27,16-33)19-3-1-2-17(10-19)12-28-23-13-29-30-22-5-4-20(11-21(22)23)31-6-8-32(9-7-31)24(34)18-14-35-15-18/h1-5,10-11,13,18,33H,6-9,12,14-16H2,(H,28,30). The first-order valence-corrected chi connectivity index (χ1v) is 11.6. The van der Waals surface area contributed by atoms with Gasteiger partial charge in [0.1, 0.15) is 6.61 Å². The summed E-state index contributed by atoms with van der Waals surface area (Å²) in [7, 11) is 0. The Kier molecular flexibility index (Phi) is 6.48. The molecule has 35 heavy (non-hydrogen) atoms. The fourth-order valence-corrected chi connectivity index (χ4v) is 4.40. The van der Waals surface area contributed by atoms with Gasteiger partial charge in [0, 0.05) is 49.4 Å². The second-order valence-electron chi connectivity index (χ2n) is 8.92. The third-order valence-corrected chi connectivity index (χ3v) is 6.60. The highest BCUT2D eigenvalue weighted by atomic mass is 19.3. The molecule has 184 valence electrons. The molecule has 0 radical (unpaired) electrons. The van der Waals surface area contributed by atoms with Gasteiger partial charge in [-0.05, 0) is 29.8 Å². The van der Waals surface area contributed by atoms with E-state index in [1.54, 1.807) is 18.3 Å². The molecular weight excluding hydrogens is 456 g/mol. The van der Waals surface area contributed by atoms with Gasteiger partial charge in [-0.3, -0.25) is 4.79 Å². The quantitative estimate of drug-likeness (QED) is 0.534. The van der Waals surface area contributed by atoms with Gasteiger partial charge in [0.05, 0.1) is 36.5 Å². The van der Waals surface area contributed by atoms with Crippen molar-refractivity contribution in [3.8, 4) is 0 Å². The first kappa shape index (κ1) is 23.4. The van der Waals surface area contributed by atoms with Crippen molar-refractivity contribution in [2.24, 2.45) is 5.92 Å². The van der Waals surface area contributed by atoms with E-state index < -0.39 is 12.5 Å². The van der Waals surface area contributed by atoms with Gasteiger partial charge in [0.25, 0.3) is 5.92 Å². The van der Waals surface area contributed by atoms with Gasteiger partial charge in [-0.25, -0.2) is 0 Å². The van der Waals surface area contributed by atoms with Crippen molar-refractivity contribution < 1.29 is 23.4 Å². The number of carbonyl (C=O) groups is 1. The topological polar surface area (TPSA) is 90.8 Å². The molecule has 3 aromatic rings. The number of amides is 1. The second-order valence-corrected chi connectivity index (χ2v) is 8.92. The molecule has 0 spiro atoms. The van der Waals surface area contributed by atoms with E-state index in [1.807, 2.05) is 23.1 Å². The summed E-state index contributed by atoms with van der Waals surface area (Å²) >= 11 is 0. The summed E-state index contributed by atoms with van der Waals surface area (Å²) in [6.07, 6.45) is 1.62. The Bertz CT molecular complexity index is 1210. The number of hydrogen-bond acceptors (Lipinski definition) is 7. The normalized spacial score (nSPS) is 16.9. The molecule has 1 amide bonds. The Labute approximate surface area is 201 Å². The maximum atomic E-state index is 13.9. The monoisotopic (exact) mass is 483 g/mol. The average Bonchev–Trinajstić information content (AvgIpc) is 2.86. The molecule has 2 aliphatic rings. The lowest BCUT2D eigenvalue weighted by Crippen LogP contribution is -2.53. The molecule has 0 bridgehead atoms. The molecule has 1 aromatic heterocycles. The minimum absolute atomic E-state index is 0.00462. The zero-order valence-electron chi connectivity index (χ0n) is 19.2. The number of alkyl halides is 2. The van der Waals surface area contributed by atoms with Gasteiger partial charge in [0.15, 0.2) is 0 Å². The summed E-state index contributed by atoms with van der Waals surface area (Å²) < 4.78 is 32.9. The summed E-state index contributed by atoms with van der Waals surface area (Å²) in [6, 6.07) is 12.0. The Morgan fingerprint density at radius 2 is 1.94 bits per heavy atom. The van der Waals surface area contributed by atoms with Gasteiger partial charge in [-0.2, -0.15) is 19.0 Å². The number of anilines is 2. The number of nitrogens with zero attached hydrogens (tertiary/aromatic N) is 4. The Morgan fingerprint density at radius 3 is 2.66 bits per heavy atom. The molecule has 10 heteroatoms. The van der Waals surface area contributed by atoms with Crippen LogP contribution in [0.25, 0.3) is 10.9 Å². The Balaban J connectivity index is 1.29. The van der Waals surface area contributed by atoms with E-state index in [4.69, 9.17) is 9.84 Å². The van der Waals surface area contributed by atoms with Gasteiger partial charge in [-0.15, -0.1) is 0 Å². The minimum Gasteiger partial charge on any atom is -0.390 e. The largest absolute Gasteiger partial charge is 0.390 e. The second kappa shape index (κ2) is 9.71. The van der Waals surface area contributed by atoms with Crippen LogP contribution < -0.4 is 10.2 Å². The lowest BCUT2D eigenvalue weighted by Gasteiger charge is -2.39. The van der Waals surface area contributed by atoms with E-state index in [-0.39, 0.29) is 17.4 Å². The summed E-state index contributed by atoms with van der Waals surface area (Å²) in [5.74, 6) is -3.10. The summed E-state index contributed by atoms with van der Waals surface area (Å²) in [5.41, 5.74) is 2.93. The van der Waals surface area contributed by atoms with Crippen molar-refractivity contribution in [1.82, 2.24) is 15.1 Å². The van der Waals surface area contributed by atoms with Gasteiger partial charge in [-0.1, -0.05) is 18.2 Å². The minimum atomic E-state index is -3.28. The third-order valence-electron chi connectivity index (χ3n) is 6.60. The zero-order chi connectivity index (χ0) is 24.4. The van der Waals surface area contributed by atoms with Crippen LogP contribution in [0, 0.1) is 5.92 Å². The number of rotatable bonds is 7. The predicted octanol–water partition coefficient (Wildman–Crippen LogP) is 2.62. The van der Waals surface area contributed by atoms with E-state index in [0.717, 1.165) is 35.4 Å². The average molecular weight is 484 g/mol. The highest BCUT2D eigenvalue weighted by molar-refractivity contribution is 5.93. The van der Waals surface area contributed by atoms with Gasteiger partial charge < -0.3 is 25.0 Å². The van der Waals surface area contributed by atoms with Crippen LogP contribution in [-0.4, -0.2) is 72.1 Å². The predicted molar refractivity (Wildman–Crippen MR) is 127 cm³/mol. The van der Waals surface area contributed by atoms with E-state index in [1.165, 1.54) is 12.1 Å². The number of aliphatic hydroxyl groups excluding tert-OH is 1. The van der Waals surface area contributed by atoms with Gasteiger partial charge in [0.2, 0.25) is 5.91 Å². The lowest BCUT2D eigenvalue weighted by molar-refractivity contribution is -0.150. The molecule has 2 aromatic carbocycles. The van der Waals surface area contributed by atoms with Crippen LogP contribution in [0.4, 0.5) is 20.2 Å². The third kappa shape index (κ3) is 4.89. The van der Waals surface area contributed by atoms with Crippen LogP contribution in [-0.2, 0) is 22.0 Å². The van der Waals surface area contributed by atoms with Crippen LogP contribution in [0.2, 0.25) is 0 Å². The molecule has 8 nitrogen and oxygen atoms in total. The van der Waals surface area contributed by atoms with Crippen LogP contribution in [0.5, 0.6) is 0 Å². The molecule has 0 aliphatic carbocycles. The molecule has 3 heterocycles. The molecule has 2 N–H and O–H groups in total. The fourth-order valence-electron chi connectivity index (χ4n) is 4.40. The number of carbonyl (C=O) groups excluding carboxylic acids is 1. The van der Waals surface area contributed by atoms with Crippen LogP contribution in [0.15, 0.2) is 48.7 Å². The van der Waals surface area contributed by atoms with Crippen LogP contribution in [0.1, 0.15) is 11.1 Å². The van der Waals surface area contributed by atoms with E-state index >= 15 is 0 Å². The highest BCUT2D eigenvalue weighted by Crippen LogP contribution is 2.30. The Hall–Kier alpha value is -3.37.